The van der Waals surface area contributed by atoms with Gasteiger partial charge in [-0.05, 0) is 0 Å². The molecule has 3 heteroatoms. The van der Waals surface area contributed by atoms with Crippen molar-refractivity contribution in [3.8, 4) is 0 Å². The highest BCUT2D eigenvalue weighted by atomic mass is 28.1. The van der Waals surface area contributed by atoms with Gasteiger partial charge in [-0.2, -0.15) is 0 Å². The smallest absolute Gasteiger partial charge is 0.245 e. The summed E-state index contributed by atoms with van der Waals surface area (Å²) in [5.41, 5.74) is 0. The molecule has 1 aliphatic rings. The van der Waals surface area contributed by atoms with Crippen LogP contribution in [-0.4, -0.2) is 23.3 Å². The van der Waals surface area contributed by atoms with Crippen LogP contribution in [0.1, 0.15) is 0 Å². The van der Waals surface area contributed by atoms with Crippen molar-refractivity contribution in [1.82, 2.24) is 0 Å². The minimum absolute atomic E-state index is 0.611. The monoisotopic (exact) mass is 90.0 g/mol. The fourth-order valence-corrected chi connectivity index (χ4v) is 0. The quantitative estimate of drug-likeness (QED) is 0.281. The van der Waals surface area contributed by atoms with Crippen molar-refractivity contribution in [2.75, 3.05) is 13.2 Å². The predicted molar refractivity (Wildman–Crippen MR) is 20.0 cm³/mol. The molecule has 2 nitrogen and oxygen atoms in total. The van der Waals surface area contributed by atoms with Gasteiger partial charge < -0.3 is 9.20 Å². The second-order valence-corrected chi connectivity index (χ2v) is 0.612. The molecule has 1 heterocycles. The minimum atomic E-state index is 0.611. The molecule has 0 bridgehead atoms. The molecular formula is C2H6O2Si. The van der Waals surface area contributed by atoms with E-state index in [9.17, 15) is 0 Å². The van der Waals surface area contributed by atoms with Crippen molar-refractivity contribution in [2.24, 2.45) is 0 Å². The van der Waals surface area contributed by atoms with Crippen LogP contribution < -0.4 is 0 Å². The first kappa shape index (κ1) is 4.98. The molecule has 0 aliphatic carbocycles. The molecule has 0 spiro atoms. The van der Waals surface area contributed by atoms with E-state index >= 15 is 0 Å². The molecule has 1 saturated heterocycles. The third-order valence-corrected chi connectivity index (χ3v) is 0.204. The van der Waals surface area contributed by atoms with E-state index in [1.165, 1.54) is 0 Å². The van der Waals surface area contributed by atoms with Crippen molar-refractivity contribution < 1.29 is 9.20 Å². The molecule has 0 amide bonds. The molecule has 0 aromatic carbocycles. The molecule has 0 aromatic rings. The highest BCUT2D eigenvalue weighted by molar-refractivity contribution is 5.85. The van der Waals surface area contributed by atoms with Crippen molar-refractivity contribution >= 4 is 10.1 Å². The molecule has 1 rings (SSSR count). The highest BCUT2D eigenvalue weighted by Crippen LogP contribution is 1.84. The lowest BCUT2D eigenvalue weighted by Gasteiger charge is -1.24. The third-order valence-electron chi connectivity index (χ3n) is 0.204. The number of epoxide rings is 1. The standard InChI is InChI=1S/C2H4O.H2OSi/c1-2-3-1;1-2/h1-2H2;2H2. The van der Waals surface area contributed by atoms with Crippen LogP contribution in [0.15, 0.2) is 0 Å². The molecule has 1 aliphatic heterocycles. The molecule has 0 N–H and O–H groups in total. The van der Waals surface area contributed by atoms with Crippen LogP contribution in [0, 0.1) is 0 Å². The Kier molecular flexibility index (Phi) is 3.96. The lowest BCUT2D eigenvalue weighted by Crippen LogP contribution is -1.20. The zero-order valence-electron chi connectivity index (χ0n) is 2.94. The van der Waals surface area contributed by atoms with Gasteiger partial charge in [0.2, 0.25) is 10.1 Å². The van der Waals surface area contributed by atoms with E-state index in [-0.39, 0.29) is 0 Å². The maximum atomic E-state index is 8.28. The van der Waals surface area contributed by atoms with E-state index in [1.54, 1.807) is 0 Å². The van der Waals surface area contributed by atoms with E-state index < -0.39 is 0 Å². The van der Waals surface area contributed by atoms with Crippen LogP contribution in [0.25, 0.3) is 0 Å². The summed E-state index contributed by atoms with van der Waals surface area (Å²) >= 11 is 0. The van der Waals surface area contributed by atoms with Crippen LogP contribution in [0.3, 0.4) is 0 Å². The molecule has 0 atom stereocenters. The van der Waals surface area contributed by atoms with Crippen molar-refractivity contribution in [1.29, 1.82) is 0 Å². The van der Waals surface area contributed by atoms with Crippen molar-refractivity contribution in [3.63, 3.8) is 0 Å². The summed E-state index contributed by atoms with van der Waals surface area (Å²) in [4.78, 5) is 0. The van der Waals surface area contributed by atoms with E-state index in [0.717, 1.165) is 13.2 Å². The molecule has 0 saturated carbocycles. The van der Waals surface area contributed by atoms with Crippen LogP contribution in [0.5, 0.6) is 0 Å². The Balaban J connectivity index is 0.0000000733. The Morgan fingerprint density at radius 3 is 1.60 bits per heavy atom. The topological polar surface area (TPSA) is 29.6 Å². The zero-order chi connectivity index (χ0) is 4.12. The summed E-state index contributed by atoms with van der Waals surface area (Å²) in [7, 11) is 0.611. The number of ether oxygens (including phenoxy) is 1. The number of hydrogen-bond donors (Lipinski definition) is 0. The fourth-order valence-electron chi connectivity index (χ4n) is 0. The van der Waals surface area contributed by atoms with Gasteiger partial charge in [-0.25, -0.2) is 0 Å². The molecule has 5 heavy (non-hydrogen) atoms. The van der Waals surface area contributed by atoms with Crippen LogP contribution in [-0.2, 0) is 9.20 Å². The Hall–Kier alpha value is -0.0231. The summed E-state index contributed by atoms with van der Waals surface area (Å²) in [6.45, 7) is 2.00. The maximum Gasteiger partial charge on any atom is 0.245 e. The summed E-state index contributed by atoms with van der Waals surface area (Å²) in [6.07, 6.45) is 0. The van der Waals surface area contributed by atoms with Crippen LogP contribution in [0.2, 0.25) is 0 Å². The lowest BCUT2D eigenvalue weighted by molar-refractivity contribution is 0.475. The molecule has 30 valence electrons. The Morgan fingerprint density at radius 2 is 1.60 bits per heavy atom. The van der Waals surface area contributed by atoms with E-state index in [4.69, 9.17) is 4.46 Å². The average Bonchev–Trinajstić information content (AvgIpc) is 2.19. The average molecular weight is 90.2 g/mol. The van der Waals surface area contributed by atoms with Gasteiger partial charge in [-0.15, -0.1) is 0 Å². The van der Waals surface area contributed by atoms with Gasteiger partial charge in [-0.3, -0.25) is 0 Å². The number of hydrogen-bond acceptors (Lipinski definition) is 2. The van der Waals surface area contributed by atoms with Crippen LogP contribution >= 0.6 is 0 Å². The van der Waals surface area contributed by atoms with Gasteiger partial charge in [-0.1, -0.05) is 0 Å². The Bertz CT molecular complexity index is 18.9. The molecule has 0 aromatic heterocycles. The first-order valence-electron chi connectivity index (χ1n) is 1.37. The number of rotatable bonds is 0. The second-order valence-electron chi connectivity index (χ2n) is 0.612. The van der Waals surface area contributed by atoms with E-state index in [0.29, 0.717) is 10.1 Å². The maximum absolute atomic E-state index is 8.28. The lowest BCUT2D eigenvalue weighted by atomic mass is 11.0. The van der Waals surface area contributed by atoms with Gasteiger partial charge in [0.15, 0.2) is 0 Å². The largest absolute Gasteiger partial charge is 0.396 e. The minimum Gasteiger partial charge on any atom is -0.396 e. The Labute approximate surface area is 33.6 Å². The van der Waals surface area contributed by atoms with Crippen LogP contribution in [0.4, 0.5) is 0 Å². The fraction of sp³-hybridized carbons (Fsp3) is 1.00. The normalized spacial score (nSPS) is 15.2. The molecule has 0 unspecified atom stereocenters. The van der Waals surface area contributed by atoms with Gasteiger partial charge in [0, 0.05) is 0 Å². The molecular weight excluding hydrogens is 84.1 g/mol. The summed E-state index contributed by atoms with van der Waals surface area (Å²) < 4.78 is 12.8. The second kappa shape index (κ2) is 3.98. The van der Waals surface area contributed by atoms with E-state index in [2.05, 4.69) is 4.74 Å². The van der Waals surface area contributed by atoms with Crippen molar-refractivity contribution in [3.05, 3.63) is 0 Å². The van der Waals surface area contributed by atoms with E-state index in [1.807, 2.05) is 0 Å². The molecule has 1 fully saturated rings. The first-order valence-corrected chi connectivity index (χ1v) is 1.94. The SMILES string of the molecule is C1CO1.O=[SiH2]. The Morgan fingerprint density at radius 1 is 1.40 bits per heavy atom. The third kappa shape index (κ3) is 16.3. The highest BCUT2D eigenvalue weighted by Gasteiger charge is 1.94. The first-order chi connectivity index (χ1) is 2.50. The zero-order valence-corrected chi connectivity index (χ0v) is 4.35. The van der Waals surface area contributed by atoms with Crippen molar-refractivity contribution in [2.45, 2.75) is 0 Å². The summed E-state index contributed by atoms with van der Waals surface area (Å²) in [5.74, 6) is 0. The van der Waals surface area contributed by atoms with Gasteiger partial charge in [0.25, 0.3) is 0 Å². The van der Waals surface area contributed by atoms with Gasteiger partial charge in [0.05, 0.1) is 13.2 Å². The summed E-state index contributed by atoms with van der Waals surface area (Å²) in [6, 6.07) is 0. The van der Waals surface area contributed by atoms with Gasteiger partial charge >= 0.3 is 0 Å². The molecule has 0 radical (unpaired) electrons. The van der Waals surface area contributed by atoms with Gasteiger partial charge in [0.1, 0.15) is 0 Å². The summed E-state index contributed by atoms with van der Waals surface area (Å²) in [5, 5.41) is 0. The predicted octanol–water partition coefficient (Wildman–Crippen LogP) is -1.02.